The molecule has 0 aromatic heterocycles. The Morgan fingerprint density at radius 3 is 2.69 bits per heavy atom. The van der Waals surface area contributed by atoms with Crippen LogP contribution in [0, 0.1) is 5.92 Å². The molecule has 2 atom stereocenters. The highest BCUT2D eigenvalue weighted by Crippen LogP contribution is 2.35. The van der Waals surface area contributed by atoms with Crippen molar-refractivity contribution in [3.8, 4) is 5.75 Å². The second-order valence-electron chi connectivity index (χ2n) is 3.80. The first kappa shape index (κ1) is 11.0. The first-order valence-corrected chi connectivity index (χ1v) is 5.20. The number of hydrogen-bond donors (Lipinski definition) is 1. The van der Waals surface area contributed by atoms with Crippen LogP contribution in [0.1, 0.15) is 18.1 Å². The summed E-state index contributed by atoms with van der Waals surface area (Å²) < 4.78 is 10.5. The highest BCUT2D eigenvalue weighted by atomic mass is 16.5. The van der Waals surface area contributed by atoms with Crippen LogP contribution in [-0.4, -0.2) is 24.8 Å². The molecule has 1 aliphatic heterocycles. The minimum atomic E-state index is -0.793. The summed E-state index contributed by atoms with van der Waals surface area (Å²) in [6.45, 7) is 0.508. The van der Waals surface area contributed by atoms with E-state index in [1.54, 1.807) is 7.11 Å². The van der Waals surface area contributed by atoms with E-state index < -0.39 is 11.9 Å². The van der Waals surface area contributed by atoms with E-state index in [9.17, 15) is 4.79 Å². The summed E-state index contributed by atoms with van der Waals surface area (Å²) in [6, 6.07) is 7.33. The summed E-state index contributed by atoms with van der Waals surface area (Å²) in [5.41, 5.74) is 0.894. The molecule has 1 fully saturated rings. The van der Waals surface area contributed by atoms with E-state index in [2.05, 4.69) is 0 Å². The largest absolute Gasteiger partial charge is 0.497 e. The summed E-state index contributed by atoms with van der Waals surface area (Å²) in [5.74, 6) is -0.472. The molecule has 0 spiro atoms. The quantitative estimate of drug-likeness (QED) is 0.848. The molecule has 1 aliphatic rings. The molecule has 0 saturated carbocycles. The van der Waals surface area contributed by atoms with Gasteiger partial charge in [-0.3, -0.25) is 4.79 Å². The summed E-state index contributed by atoms with van der Waals surface area (Å²) in [7, 11) is 1.60. The van der Waals surface area contributed by atoms with Gasteiger partial charge in [0.05, 0.1) is 19.1 Å². The predicted octanol–water partition coefficient (Wildman–Crippen LogP) is 1.86. The van der Waals surface area contributed by atoms with E-state index in [1.807, 2.05) is 24.3 Å². The number of methoxy groups -OCH3 is 1. The van der Waals surface area contributed by atoms with Gasteiger partial charge in [-0.1, -0.05) is 12.1 Å². The topological polar surface area (TPSA) is 55.8 Å². The number of hydrogen-bond acceptors (Lipinski definition) is 3. The van der Waals surface area contributed by atoms with E-state index >= 15 is 0 Å². The molecule has 1 heterocycles. The van der Waals surface area contributed by atoms with Crippen LogP contribution < -0.4 is 4.74 Å². The molecule has 4 heteroatoms. The lowest BCUT2D eigenvalue weighted by molar-refractivity contribution is -0.143. The maximum atomic E-state index is 11.0. The summed E-state index contributed by atoms with van der Waals surface area (Å²) in [4.78, 5) is 11.0. The van der Waals surface area contributed by atoms with Gasteiger partial charge in [0.2, 0.25) is 0 Å². The fraction of sp³-hybridized carbons (Fsp3) is 0.417. The molecule has 1 saturated heterocycles. The average molecular weight is 222 g/mol. The third-order valence-electron chi connectivity index (χ3n) is 2.85. The molecule has 1 aromatic carbocycles. The lowest BCUT2D eigenvalue weighted by Crippen LogP contribution is -2.17. The molecule has 86 valence electrons. The van der Waals surface area contributed by atoms with Crippen LogP contribution >= 0.6 is 0 Å². The Bertz CT molecular complexity index is 371. The molecule has 2 rings (SSSR count). The third kappa shape index (κ3) is 2.02. The van der Waals surface area contributed by atoms with Gasteiger partial charge in [-0.05, 0) is 24.1 Å². The molecule has 2 unspecified atom stereocenters. The van der Waals surface area contributed by atoms with Crippen LogP contribution in [0.15, 0.2) is 24.3 Å². The zero-order chi connectivity index (χ0) is 11.5. The van der Waals surface area contributed by atoms with Gasteiger partial charge in [-0.15, -0.1) is 0 Å². The molecule has 0 amide bonds. The van der Waals surface area contributed by atoms with Crippen molar-refractivity contribution in [2.24, 2.45) is 5.92 Å². The van der Waals surface area contributed by atoms with Crippen molar-refractivity contribution in [2.45, 2.75) is 12.5 Å². The van der Waals surface area contributed by atoms with Crippen molar-refractivity contribution in [3.63, 3.8) is 0 Å². The molecule has 4 nitrogen and oxygen atoms in total. The van der Waals surface area contributed by atoms with Gasteiger partial charge in [0, 0.05) is 6.61 Å². The zero-order valence-corrected chi connectivity index (χ0v) is 9.05. The van der Waals surface area contributed by atoms with Gasteiger partial charge < -0.3 is 14.6 Å². The fourth-order valence-electron chi connectivity index (χ4n) is 1.96. The van der Waals surface area contributed by atoms with Gasteiger partial charge in [0.1, 0.15) is 5.75 Å². The lowest BCUT2D eigenvalue weighted by atomic mass is 9.95. The number of carboxylic acids is 1. The van der Waals surface area contributed by atoms with Gasteiger partial charge in [-0.25, -0.2) is 0 Å². The maximum absolute atomic E-state index is 11.0. The standard InChI is InChI=1S/C12H14O4/c1-15-9-4-2-8(3-5-9)11-10(12(13)14)6-7-16-11/h2-5,10-11H,6-7H2,1H3,(H,13,14). The molecule has 0 aliphatic carbocycles. The fourth-order valence-corrected chi connectivity index (χ4v) is 1.96. The molecule has 0 bridgehead atoms. The third-order valence-corrected chi connectivity index (χ3v) is 2.85. The van der Waals surface area contributed by atoms with Gasteiger partial charge in [0.15, 0.2) is 0 Å². The number of rotatable bonds is 3. The molecule has 1 N–H and O–H groups in total. The normalized spacial score (nSPS) is 24.3. The van der Waals surface area contributed by atoms with E-state index in [1.165, 1.54) is 0 Å². The van der Waals surface area contributed by atoms with E-state index in [4.69, 9.17) is 14.6 Å². The zero-order valence-electron chi connectivity index (χ0n) is 9.05. The van der Waals surface area contributed by atoms with Crippen LogP contribution in [0.4, 0.5) is 0 Å². The summed E-state index contributed by atoms with van der Waals surface area (Å²) in [5, 5.41) is 9.04. The first-order chi connectivity index (χ1) is 7.72. The first-order valence-electron chi connectivity index (χ1n) is 5.20. The lowest BCUT2D eigenvalue weighted by Gasteiger charge is -2.15. The minimum Gasteiger partial charge on any atom is -0.497 e. The van der Waals surface area contributed by atoms with Crippen molar-refractivity contribution in [2.75, 3.05) is 13.7 Å². The molecular formula is C12H14O4. The van der Waals surface area contributed by atoms with Crippen LogP contribution in [0.2, 0.25) is 0 Å². The minimum absolute atomic E-state index is 0.330. The van der Waals surface area contributed by atoms with E-state index in [-0.39, 0.29) is 6.10 Å². The SMILES string of the molecule is COc1ccc(C2OCCC2C(=O)O)cc1. The summed E-state index contributed by atoms with van der Waals surface area (Å²) >= 11 is 0. The Hall–Kier alpha value is -1.55. The number of aliphatic carboxylic acids is 1. The smallest absolute Gasteiger partial charge is 0.309 e. The Labute approximate surface area is 93.8 Å². The Morgan fingerprint density at radius 2 is 2.12 bits per heavy atom. The van der Waals surface area contributed by atoms with Crippen LogP contribution in [-0.2, 0) is 9.53 Å². The number of carboxylic acid groups (broad SMARTS) is 1. The number of carbonyl (C=O) groups is 1. The second kappa shape index (κ2) is 4.53. The summed E-state index contributed by atoms with van der Waals surface area (Å²) in [6.07, 6.45) is 0.245. The van der Waals surface area contributed by atoms with E-state index in [0.717, 1.165) is 11.3 Å². The van der Waals surface area contributed by atoms with Crippen molar-refractivity contribution >= 4 is 5.97 Å². The van der Waals surface area contributed by atoms with Crippen LogP contribution in [0.3, 0.4) is 0 Å². The molecular weight excluding hydrogens is 208 g/mol. The number of benzene rings is 1. The Morgan fingerprint density at radius 1 is 1.44 bits per heavy atom. The van der Waals surface area contributed by atoms with Crippen molar-refractivity contribution < 1.29 is 19.4 Å². The van der Waals surface area contributed by atoms with Gasteiger partial charge in [-0.2, -0.15) is 0 Å². The van der Waals surface area contributed by atoms with Gasteiger partial charge >= 0.3 is 5.97 Å². The second-order valence-corrected chi connectivity index (χ2v) is 3.80. The Kier molecular flexibility index (Phi) is 3.10. The highest BCUT2D eigenvalue weighted by Gasteiger charge is 2.34. The van der Waals surface area contributed by atoms with Crippen molar-refractivity contribution in [1.82, 2.24) is 0 Å². The molecule has 16 heavy (non-hydrogen) atoms. The molecule has 1 aromatic rings. The maximum Gasteiger partial charge on any atom is 0.309 e. The Balaban J connectivity index is 2.19. The van der Waals surface area contributed by atoms with Crippen molar-refractivity contribution in [3.05, 3.63) is 29.8 Å². The van der Waals surface area contributed by atoms with Gasteiger partial charge in [0.25, 0.3) is 0 Å². The van der Waals surface area contributed by atoms with Crippen LogP contribution in [0.5, 0.6) is 5.75 Å². The van der Waals surface area contributed by atoms with E-state index in [0.29, 0.717) is 13.0 Å². The number of ether oxygens (including phenoxy) is 2. The monoisotopic (exact) mass is 222 g/mol. The molecule has 0 radical (unpaired) electrons. The highest BCUT2D eigenvalue weighted by molar-refractivity contribution is 5.71. The predicted molar refractivity (Wildman–Crippen MR) is 57.4 cm³/mol. The average Bonchev–Trinajstić information content (AvgIpc) is 2.78. The van der Waals surface area contributed by atoms with Crippen molar-refractivity contribution in [1.29, 1.82) is 0 Å². The van der Waals surface area contributed by atoms with Crippen LogP contribution in [0.25, 0.3) is 0 Å².